The molecule has 0 aromatic carbocycles. The Morgan fingerprint density at radius 3 is 2.52 bits per heavy atom. The van der Waals surface area contributed by atoms with Crippen LogP contribution in [0.4, 0.5) is 20.5 Å². The molecule has 1 fully saturated rings. The van der Waals surface area contributed by atoms with Crippen molar-refractivity contribution in [1.29, 1.82) is 0 Å². The van der Waals surface area contributed by atoms with Gasteiger partial charge in [-0.05, 0) is 18.9 Å². The van der Waals surface area contributed by atoms with Crippen LogP contribution in [0.15, 0.2) is 24.7 Å². The van der Waals surface area contributed by atoms with E-state index in [0.29, 0.717) is 5.95 Å². The third-order valence-corrected chi connectivity index (χ3v) is 4.32. The lowest BCUT2D eigenvalue weighted by Crippen LogP contribution is -2.39. The van der Waals surface area contributed by atoms with Gasteiger partial charge in [0.05, 0.1) is 12.4 Å². The van der Waals surface area contributed by atoms with Crippen LogP contribution in [0.25, 0.3) is 0 Å². The molecule has 134 valence electrons. The van der Waals surface area contributed by atoms with Gasteiger partial charge in [-0.1, -0.05) is 0 Å². The Hall–Kier alpha value is -2.35. The number of pyridine rings is 1. The highest BCUT2D eigenvalue weighted by atomic mass is 19.1. The maximum absolute atomic E-state index is 13.7. The molecule has 0 saturated carbocycles. The predicted octanol–water partition coefficient (Wildman–Crippen LogP) is 2.29. The van der Waals surface area contributed by atoms with Crippen LogP contribution >= 0.6 is 0 Å². The van der Waals surface area contributed by atoms with Crippen molar-refractivity contribution in [3.8, 4) is 0 Å². The van der Waals surface area contributed by atoms with Gasteiger partial charge in [-0.2, -0.15) is 4.98 Å². The number of nitrogens with zero attached hydrogens (tertiary/aromatic N) is 5. The minimum Gasteiger partial charge on any atom is -0.367 e. The summed E-state index contributed by atoms with van der Waals surface area (Å²) in [6.45, 7) is 1.81. The maximum atomic E-state index is 13.7. The molecule has 8 heteroatoms. The Morgan fingerprint density at radius 1 is 1.20 bits per heavy atom. The minimum absolute atomic E-state index is 0.0906. The SMILES string of the molecule is CN(C)c1nccc(NC2CCN(Cc3c(F)cncc3F)CC2)n1. The van der Waals surface area contributed by atoms with Gasteiger partial charge < -0.3 is 10.2 Å². The largest absolute Gasteiger partial charge is 0.367 e. The third-order valence-electron chi connectivity index (χ3n) is 4.32. The molecular formula is C17H22F2N6. The van der Waals surface area contributed by atoms with Gasteiger partial charge in [0.25, 0.3) is 0 Å². The van der Waals surface area contributed by atoms with E-state index in [1.54, 1.807) is 6.20 Å². The Bertz CT molecular complexity index is 696. The first kappa shape index (κ1) is 17.5. The van der Waals surface area contributed by atoms with Crippen LogP contribution in [0.2, 0.25) is 0 Å². The lowest BCUT2D eigenvalue weighted by molar-refractivity contribution is 0.206. The summed E-state index contributed by atoms with van der Waals surface area (Å²) >= 11 is 0. The molecule has 0 bridgehead atoms. The summed E-state index contributed by atoms with van der Waals surface area (Å²) in [7, 11) is 3.80. The zero-order valence-corrected chi connectivity index (χ0v) is 14.4. The number of hydrogen-bond acceptors (Lipinski definition) is 6. The lowest BCUT2D eigenvalue weighted by Gasteiger charge is -2.32. The van der Waals surface area contributed by atoms with Crippen molar-refractivity contribution in [2.24, 2.45) is 0 Å². The molecule has 2 aromatic heterocycles. The van der Waals surface area contributed by atoms with Crippen molar-refractivity contribution in [3.63, 3.8) is 0 Å². The second-order valence-electron chi connectivity index (χ2n) is 6.41. The monoisotopic (exact) mass is 348 g/mol. The number of anilines is 2. The summed E-state index contributed by atoms with van der Waals surface area (Å²) < 4.78 is 27.4. The van der Waals surface area contributed by atoms with Crippen LogP contribution in [0.3, 0.4) is 0 Å². The standard InChI is InChI=1S/C17H22F2N6/c1-24(2)17-21-6-3-16(23-17)22-12-4-7-25(8-5-12)11-13-14(18)9-20-10-15(13)19/h3,6,9-10,12H,4-5,7-8,11H2,1-2H3,(H,21,22,23). The van der Waals surface area contributed by atoms with Crippen LogP contribution in [0.5, 0.6) is 0 Å². The number of hydrogen-bond donors (Lipinski definition) is 1. The average Bonchev–Trinajstić information content (AvgIpc) is 2.60. The highest BCUT2D eigenvalue weighted by molar-refractivity contribution is 5.41. The first-order valence-corrected chi connectivity index (χ1v) is 8.30. The number of likely N-dealkylation sites (tertiary alicyclic amines) is 1. The molecule has 2 aromatic rings. The molecule has 25 heavy (non-hydrogen) atoms. The molecule has 6 nitrogen and oxygen atoms in total. The molecule has 1 saturated heterocycles. The number of rotatable bonds is 5. The van der Waals surface area contributed by atoms with Crippen LogP contribution < -0.4 is 10.2 Å². The summed E-state index contributed by atoms with van der Waals surface area (Å²) in [5, 5.41) is 3.42. The van der Waals surface area contributed by atoms with E-state index < -0.39 is 11.6 Å². The molecule has 0 amide bonds. The van der Waals surface area contributed by atoms with Crippen molar-refractivity contribution in [2.45, 2.75) is 25.4 Å². The van der Waals surface area contributed by atoms with Crippen LogP contribution in [-0.4, -0.2) is 53.1 Å². The van der Waals surface area contributed by atoms with Crippen LogP contribution in [0, 0.1) is 11.6 Å². The molecule has 0 spiro atoms. The first-order valence-electron chi connectivity index (χ1n) is 8.30. The molecule has 0 radical (unpaired) electrons. The third kappa shape index (κ3) is 4.39. The topological polar surface area (TPSA) is 57.2 Å². The van der Waals surface area contributed by atoms with Gasteiger partial charge in [0, 0.05) is 51.5 Å². The highest BCUT2D eigenvalue weighted by Gasteiger charge is 2.22. The van der Waals surface area contributed by atoms with Crippen molar-refractivity contribution in [2.75, 3.05) is 37.4 Å². The predicted molar refractivity (Wildman–Crippen MR) is 92.4 cm³/mol. The van der Waals surface area contributed by atoms with Gasteiger partial charge >= 0.3 is 0 Å². The molecule has 1 N–H and O–H groups in total. The molecule has 0 atom stereocenters. The fourth-order valence-electron chi connectivity index (χ4n) is 2.90. The quantitative estimate of drug-likeness (QED) is 0.895. The van der Waals surface area contributed by atoms with Gasteiger partial charge in [0.2, 0.25) is 5.95 Å². The van der Waals surface area contributed by atoms with E-state index in [0.717, 1.165) is 44.1 Å². The summed E-state index contributed by atoms with van der Waals surface area (Å²) in [6.07, 6.45) is 5.62. The summed E-state index contributed by atoms with van der Waals surface area (Å²) in [5.41, 5.74) is 0.0906. The number of halogens is 2. The van der Waals surface area contributed by atoms with E-state index in [1.807, 2.05) is 25.1 Å². The molecule has 3 heterocycles. The molecule has 1 aliphatic heterocycles. The molecule has 1 aliphatic rings. The molecule has 0 aliphatic carbocycles. The number of piperidine rings is 1. The van der Waals surface area contributed by atoms with E-state index >= 15 is 0 Å². The fraction of sp³-hybridized carbons (Fsp3) is 0.471. The van der Waals surface area contributed by atoms with Gasteiger partial charge in [0.15, 0.2) is 0 Å². The Labute approximate surface area is 145 Å². The summed E-state index contributed by atoms with van der Waals surface area (Å²) in [5.74, 6) is 0.282. The summed E-state index contributed by atoms with van der Waals surface area (Å²) in [4.78, 5) is 16.1. The zero-order chi connectivity index (χ0) is 17.8. The highest BCUT2D eigenvalue weighted by Crippen LogP contribution is 2.20. The minimum atomic E-state index is -0.586. The first-order chi connectivity index (χ1) is 12.0. The zero-order valence-electron chi connectivity index (χ0n) is 14.4. The summed E-state index contributed by atoms with van der Waals surface area (Å²) in [6, 6.07) is 2.13. The average molecular weight is 348 g/mol. The van der Waals surface area contributed by atoms with Crippen molar-refractivity contribution in [3.05, 3.63) is 41.9 Å². The second kappa shape index (κ2) is 7.69. The molecule has 3 rings (SSSR count). The Kier molecular flexibility index (Phi) is 5.37. The van der Waals surface area contributed by atoms with E-state index in [1.165, 1.54) is 0 Å². The molecule has 0 unspecified atom stereocenters. The van der Waals surface area contributed by atoms with E-state index in [4.69, 9.17) is 0 Å². The second-order valence-corrected chi connectivity index (χ2v) is 6.41. The van der Waals surface area contributed by atoms with Gasteiger partial charge in [0.1, 0.15) is 17.5 Å². The van der Waals surface area contributed by atoms with Gasteiger partial charge in [-0.15, -0.1) is 0 Å². The lowest BCUT2D eigenvalue weighted by atomic mass is 10.0. The van der Waals surface area contributed by atoms with E-state index in [9.17, 15) is 8.78 Å². The van der Waals surface area contributed by atoms with Crippen molar-refractivity contribution in [1.82, 2.24) is 19.9 Å². The Morgan fingerprint density at radius 2 is 1.88 bits per heavy atom. The fourth-order valence-corrected chi connectivity index (χ4v) is 2.90. The molecular weight excluding hydrogens is 326 g/mol. The van der Waals surface area contributed by atoms with Crippen LogP contribution in [-0.2, 0) is 6.54 Å². The maximum Gasteiger partial charge on any atom is 0.226 e. The smallest absolute Gasteiger partial charge is 0.226 e. The van der Waals surface area contributed by atoms with Gasteiger partial charge in [-0.25, -0.2) is 13.8 Å². The van der Waals surface area contributed by atoms with Crippen molar-refractivity contribution >= 4 is 11.8 Å². The van der Waals surface area contributed by atoms with E-state index in [-0.39, 0.29) is 18.2 Å². The van der Waals surface area contributed by atoms with E-state index in [2.05, 4.69) is 25.2 Å². The van der Waals surface area contributed by atoms with Crippen LogP contribution in [0.1, 0.15) is 18.4 Å². The number of nitrogens with one attached hydrogen (secondary N) is 1. The normalized spacial score (nSPS) is 16.0. The van der Waals surface area contributed by atoms with Gasteiger partial charge in [-0.3, -0.25) is 9.88 Å². The van der Waals surface area contributed by atoms with Crippen molar-refractivity contribution < 1.29 is 8.78 Å². The Balaban J connectivity index is 1.54. The number of aromatic nitrogens is 3.